The summed E-state index contributed by atoms with van der Waals surface area (Å²) in [6.07, 6.45) is 0. The maximum Gasteiger partial charge on any atom is 0.188 e. The van der Waals surface area contributed by atoms with E-state index in [1.54, 1.807) is 7.11 Å². The van der Waals surface area contributed by atoms with Gasteiger partial charge in [-0.2, -0.15) is 0 Å². The molecule has 0 N–H and O–H groups in total. The number of methoxy groups -OCH3 is 1. The monoisotopic (exact) mass is 314 g/mol. The van der Waals surface area contributed by atoms with E-state index in [9.17, 15) is 0 Å². The molecular formula is C15H23BrO2. The third-order valence-electron chi connectivity index (χ3n) is 3.65. The van der Waals surface area contributed by atoms with Gasteiger partial charge in [0.15, 0.2) is 6.79 Å². The van der Waals surface area contributed by atoms with Crippen molar-refractivity contribution in [2.75, 3.05) is 13.9 Å². The van der Waals surface area contributed by atoms with E-state index < -0.39 is 0 Å². The minimum Gasteiger partial charge on any atom is -0.466 e. The van der Waals surface area contributed by atoms with Crippen molar-refractivity contribution in [2.24, 2.45) is 5.92 Å². The van der Waals surface area contributed by atoms with Gasteiger partial charge in [0.25, 0.3) is 0 Å². The second kappa shape index (κ2) is 6.07. The maximum absolute atomic E-state index is 5.74. The van der Waals surface area contributed by atoms with Crippen LogP contribution < -0.4 is 4.74 Å². The van der Waals surface area contributed by atoms with E-state index in [4.69, 9.17) is 9.47 Å². The zero-order valence-corrected chi connectivity index (χ0v) is 13.7. The molecule has 0 heterocycles. The van der Waals surface area contributed by atoms with Gasteiger partial charge in [-0.3, -0.25) is 0 Å². The molecule has 0 bridgehead atoms. The Morgan fingerprint density at radius 1 is 1.28 bits per heavy atom. The molecule has 0 aliphatic carbocycles. The fourth-order valence-electron chi connectivity index (χ4n) is 1.78. The second-order valence-electron chi connectivity index (χ2n) is 5.55. The van der Waals surface area contributed by atoms with Crippen molar-refractivity contribution in [2.45, 2.75) is 40.0 Å². The Kier molecular flexibility index (Phi) is 5.23. The van der Waals surface area contributed by atoms with Crippen molar-refractivity contribution in [1.82, 2.24) is 0 Å². The van der Waals surface area contributed by atoms with Crippen LogP contribution in [0.5, 0.6) is 5.75 Å². The van der Waals surface area contributed by atoms with Crippen molar-refractivity contribution in [3.8, 4) is 5.75 Å². The Morgan fingerprint density at radius 3 is 2.39 bits per heavy atom. The van der Waals surface area contributed by atoms with Gasteiger partial charge in [-0.1, -0.05) is 33.8 Å². The molecule has 0 spiro atoms. The van der Waals surface area contributed by atoms with Crippen LogP contribution >= 0.6 is 15.9 Å². The zero-order valence-electron chi connectivity index (χ0n) is 12.1. The van der Waals surface area contributed by atoms with Gasteiger partial charge < -0.3 is 9.47 Å². The third kappa shape index (κ3) is 3.27. The normalized spacial score (nSPS) is 12.0. The molecule has 0 radical (unpaired) electrons. The summed E-state index contributed by atoms with van der Waals surface area (Å²) in [6.45, 7) is 11.3. The summed E-state index contributed by atoms with van der Waals surface area (Å²) in [5.74, 6) is 1.41. The molecule has 1 rings (SSSR count). The molecule has 3 heteroatoms. The third-order valence-corrected chi connectivity index (χ3v) is 4.24. The number of ether oxygens (including phenoxy) is 2. The average molecular weight is 315 g/mol. The summed E-state index contributed by atoms with van der Waals surface area (Å²) < 4.78 is 11.7. The van der Waals surface area contributed by atoms with Gasteiger partial charge in [-0.25, -0.2) is 0 Å². The van der Waals surface area contributed by atoms with Crippen LogP contribution in [0.15, 0.2) is 16.6 Å². The minimum atomic E-state index is 0.0532. The largest absolute Gasteiger partial charge is 0.466 e. The van der Waals surface area contributed by atoms with Crippen LogP contribution in [0.4, 0.5) is 0 Å². The number of halogens is 1. The highest BCUT2D eigenvalue weighted by atomic mass is 79.9. The molecule has 102 valence electrons. The molecule has 0 amide bonds. The van der Waals surface area contributed by atoms with Gasteiger partial charge >= 0.3 is 0 Å². The number of hydrogen-bond donors (Lipinski definition) is 0. The standard InChI is InChI=1S/C15H23BrO2/c1-10(2)15(4,5)12-7-11(3)8-13(16)14(12)18-9-17-6/h7-8,10H,9H2,1-6H3. The van der Waals surface area contributed by atoms with Crippen LogP contribution in [-0.4, -0.2) is 13.9 Å². The Balaban J connectivity index is 3.31. The van der Waals surface area contributed by atoms with Gasteiger partial charge in [0, 0.05) is 12.7 Å². The summed E-state index contributed by atoms with van der Waals surface area (Å²) in [4.78, 5) is 0. The molecule has 1 aromatic carbocycles. The number of hydrogen-bond acceptors (Lipinski definition) is 2. The lowest BCUT2D eigenvalue weighted by molar-refractivity contribution is 0.0487. The molecule has 0 fully saturated rings. The van der Waals surface area contributed by atoms with Crippen LogP contribution in [0.1, 0.15) is 38.8 Å². The van der Waals surface area contributed by atoms with Gasteiger partial charge in [0.2, 0.25) is 0 Å². The van der Waals surface area contributed by atoms with Crippen molar-refractivity contribution in [3.63, 3.8) is 0 Å². The quantitative estimate of drug-likeness (QED) is 0.735. The molecule has 0 aliphatic rings. The maximum atomic E-state index is 5.74. The average Bonchev–Trinajstić information content (AvgIpc) is 2.26. The topological polar surface area (TPSA) is 18.5 Å². The van der Waals surface area contributed by atoms with E-state index in [-0.39, 0.29) is 12.2 Å². The van der Waals surface area contributed by atoms with Crippen LogP contribution in [-0.2, 0) is 10.2 Å². The van der Waals surface area contributed by atoms with Crippen LogP contribution in [0.2, 0.25) is 0 Å². The van der Waals surface area contributed by atoms with E-state index in [2.05, 4.69) is 62.7 Å². The van der Waals surface area contributed by atoms with E-state index in [0.29, 0.717) is 5.92 Å². The summed E-state index contributed by atoms with van der Waals surface area (Å²) in [5, 5.41) is 0. The van der Waals surface area contributed by atoms with Crippen molar-refractivity contribution in [3.05, 3.63) is 27.7 Å². The van der Waals surface area contributed by atoms with Crippen LogP contribution in [0, 0.1) is 12.8 Å². The van der Waals surface area contributed by atoms with Gasteiger partial charge in [-0.15, -0.1) is 0 Å². The lowest BCUT2D eigenvalue weighted by Gasteiger charge is -2.32. The first-order chi connectivity index (χ1) is 8.30. The van der Waals surface area contributed by atoms with Crippen molar-refractivity contribution >= 4 is 15.9 Å². The zero-order chi connectivity index (χ0) is 13.9. The Hall–Kier alpha value is -0.540. The fraction of sp³-hybridized carbons (Fsp3) is 0.600. The highest BCUT2D eigenvalue weighted by Crippen LogP contribution is 2.41. The molecule has 1 aromatic rings. The predicted molar refractivity (Wildman–Crippen MR) is 79.2 cm³/mol. The fourth-order valence-corrected chi connectivity index (χ4v) is 2.47. The van der Waals surface area contributed by atoms with E-state index >= 15 is 0 Å². The van der Waals surface area contributed by atoms with Crippen LogP contribution in [0.25, 0.3) is 0 Å². The molecule has 0 saturated heterocycles. The highest BCUT2D eigenvalue weighted by Gasteiger charge is 2.29. The molecule has 0 unspecified atom stereocenters. The molecule has 0 aliphatic heterocycles. The minimum absolute atomic E-state index is 0.0532. The molecule has 2 nitrogen and oxygen atoms in total. The number of benzene rings is 1. The Bertz CT molecular complexity index is 411. The lowest BCUT2D eigenvalue weighted by Crippen LogP contribution is -2.25. The molecular weight excluding hydrogens is 292 g/mol. The summed E-state index contributed by atoms with van der Waals surface area (Å²) in [7, 11) is 1.63. The first-order valence-electron chi connectivity index (χ1n) is 6.23. The van der Waals surface area contributed by atoms with Gasteiger partial charge in [-0.05, 0) is 45.8 Å². The SMILES string of the molecule is COCOc1c(Br)cc(C)cc1C(C)(C)C(C)C. The Labute approximate surface area is 119 Å². The summed E-state index contributed by atoms with van der Waals surface area (Å²) in [5.41, 5.74) is 2.51. The molecule has 18 heavy (non-hydrogen) atoms. The number of aryl methyl sites for hydroxylation is 1. The lowest BCUT2D eigenvalue weighted by atomic mass is 9.74. The molecule has 0 saturated carbocycles. The van der Waals surface area contributed by atoms with Gasteiger partial charge in [0.1, 0.15) is 5.75 Å². The van der Waals surface area contributed by atoms with E-state index in [1.807, 2.05) is 0 Å². The predicted octanol–water partition coefficient (Wildman–Crippen LogP) is 4.67. The van der Waals surface area contributed by atoms with E-state index in [0.717, 1.165) is 10.2 Å². The second-order valence-corrected chi connectivity index (χ2v) is 6.41. The summed E-state index contributed by atoms with van der Waals surface area (Å²) in [6, 6.07) is 4.28. The van der Waals surface area contributed by atoms with Crippen molar-refractivity contribution < 1.29 is 9.47 Å². The number of rotatable bonds is 5. The summed E-state index contributed by atoms with van der Waals surface area (Å²) >= 11 is 3.59. The highest BCUT2D eigenvalue weighted by molar-refractivity contribution is 9.10. The first-order valence-corrected chi connectivity index (χ1v) is 7.02. The molecule has 0 aromatic heterocycles. The van der Waals surface area contributed by atoms with Crippen molar-refractivity contribution in [1.29, 1.82) is 0 Å². The van der Waals surface area contributed by atoms with E-state index in [1.165, 1.54) is 11.1 Å². The molecule has 0 atom stereocenters. The first kappa shape index (κ1) is 15.5. The van der Waals surface area contributed by atoms with Gasteiger partial charge in [0.05, 0.1) is 4.47 Å². The Morgan fingerprint density at radius 2 is 1.89 bits per heavy atom. The smallest absolute Gasteiger partial charge is 0.188 e. The van der Waals surface area contributed by atoms with Crippen LogP contribution in [0.3, 0.4) is 0 Å².